The van der Waals surface area contributed by atoms with Gasteiger partial charge in [0.05, 0.1) is 10.6 Å². The second-order valence-corrected chi connectivity index (χ2v) is 7.43. The fourth-order valence-corrected chi connectivity index (χ4v) is 3.56. The summed E-state index contributed by atoms with van der Waals surface area (Å²) in [6.07, 6.45) is 1.40. The van der Waals surface area contributed by atoms with Crippen LogP contribution in [0.5, 0.6) is 0 Å². The number of likely N-dealkylation sites (tertiary alicyclic amines) is 1. The predicted octanol–water partition coefficient (Wildman–Crippen LogP) is 4.85. The molecular formula is C20H20Cl2N2O2. The van der Waals surface area contributed by atoms with E-state index in [-0.39, 0.29) is 11.8 Å². The molecule has 1 aliphatic heterocycles. The van der Waals surface area contributed by atoms with Gasteiger partial charge in [-0.3, -0.25) is 9.59 Å². The van der Waals surface area contributed by atoms with E-state index in [0.717, 1.165) is 23.2 Å². The summed E-state index contributed by atoms with van der Waals surface area (Å²) >= 11 is 12.2. The Bertz CT molecular complexity index is 867. The number of hydrogen-bond acceptors (Lipinski definition) is 2. The number of rotatable bonds is 3. The number of nitrogens with zero attached hydrogens (tertiary/aromatic N) is 1. The Morgan fingerprint density at radius 1 is 1.12 bits per heavy atom. The van der Waals surface area contributed by atoms with E-state index in [4.69, 9.17) is 23.2 Å². The predicted molar refractivity (Wildman–Crippen MR) is 105 cm³/mol. The zero-order chi connectivity index (χ0) is 18.8. The van der Waals surface area contributed by atoms with Gasteiger partial charge in [0.15, 0.2) is 0 Å². The van der Waals surface area contributed by atoms with Crippen LogP contribution in [0, 0.1) is 13.8 Å². The lowest BCUT2D eigenvalue weighted by Crippen LogP contribution is -2.43. The Labute approximate surface area is 163 Å². The fraction of sp³-hybridized carbons (Fsp3) is 0.300. The molecule has 1 N–H and O–H groups in total. The van der Waals surface area contributed by atoms with Crippen LogP contribution in [-0.2, 0) is 4.79 Å². The van der Waals surface area contributed by atoms with E-state index in [1.807, 2.05) is 32.0 Å². The van der Waals surface area contributed by atoms with Crippen molar-refractivity contribution in [2.75, 3.05) is 11.9 Å². The molecule has 2 aromatic rings. The van der Waals surface area contributed by atoms with Crippen molar-refractivity contribution in [3.8, 4) is 0 Å². The van der Waals surface area contributed by atoms with Gasteiger partial charge in [0.1, 0.15) is 6.04 Å². The van der Waals surface area contributed by atoms with E-state index in [9.17, 15) is 9.59 Å². The molecule has 0 aromatic heterocycles. The van der Waals surface area contributed by atoms with Crippen LogP contribution in [0.2, 0.25) is 10.0 Å². The first-order chi connectivity index (χ1) is 12.4. The molecule has 0 saturated carbocycles. The Morgan fingerprint density at radius 3 is 2.65 bits per heavy atom. The molecule has 0 radical (unpaired) electrons. The molecule has 1 heterocycles. The van der Waals surface area contributed by atoms with Crippen LogP contribution in [0.4, 0.5) is 5.69 Å². The number of benzene rings is 2. The standard InChI is InChI=1S/C20H20Cl2N2O2/c1-12-5-6-13(2)17(10-12)23-19(25)18-4-3-9-24(18)20(26)15-11-14(21)7-8-16(15)22/h5-8,10-11,18H,3-4,9H2,1-2H3,(H,23,25). The van der Waals surface area contributed by atoms with Crippen LogP contribution in [0.25, 0.3) is 0 Å². The summed E-state index contributed by atoms with van der Waals surface area (Å²) in [7, 11) is 0. The molecular weight excluding hydrogens is 371 g/mol. The van der Waals surface area contributed by atoms with Gasteiger partial charge in [0, 0.05) is 17.3 Å². The number of anilines is 1. The van der Waals surface area contributed by atoms with Gasteiger partial charge in [-0.2, -0.15) is 0 Å². The maximum absolute atomic E-state index is 12.9. The monoisotopic (exact) mass is 390 g/mol. The van der Waals surface area contributed by atoms with Crippen molar-refractivity contribution in [1.82, 2.24) is 4.90 Å². The van der Waals surface area contributed by atoms with Crippen molar-refractivity contribution in [3.05, 3.63) is 63.1 Å². The minimum Gasteiger partial charge on any atom is -0.327 e. The quantitative estimate of drug-likeness (QED) is 0.813. The molecule has 136 valence electrons. The summed E-state index contributed by atoms with van der Waals surface area (Å²) in [6.45, 7) is 4.44. The summed E-state index contributed by atoms with van der Waals surface area (Å²) < 4.78 is 0. The maximum atomic E-state index is 12.9. The van der Waals surface area contributed by atoms with Gasteiger partial charge >= 0.3 is 0 Å². The lowest BCUT2D eigenvalue weighted by atomic mass is 10.1. The molecule has 1 fully saturated rings. The molecule has 0 bridgehead atoms. The van der Waals surface area contributed by atoms with Crippen molar-refractivity contribution in [3.63, 3.8) is 0 Å². The van der Waals surface area contributed by atoms with Gasteiger partial charge in [0.2, 0.25) is 5.91 Å². The number of amides is 2. The number of hydrogen-bond donors (Lipinski definition) is 1. The highest BCUT2D eigenvalue weighted by molar-refractivity contribution is 6.35. The first-order valence-electron chi connectivity index (χ1n) is 8.51. The third kappa shape index (κ3) is 3.87. The number of carbonyl (C=O) groups excluding carboxylic acids is 2. The first kappa shape index (κ1) is 18.7. The van der Waals surface area contributed by atoms with Gasteiger partial charge in [-0.25, -0.2) is 0 Å². The summed E-state index contributed by atoms with van der Waals surface area (Å²) in [5.74, 6) is -0.446. The Balaban J connectivity index is 1.81. The molecule has 1 atom stereocenters. The summed E-state index contributed by atoms with van der Waals surface area (Å²) in [4.78, 5) is 27.3. The van der Waals surface area contributed by atoms with Gasteiger partial charge in [-0.1, -0.05) is 35.3 Å². The van der Waals surface area contributed by atoms with Crippen LogP contribution < -0.4 is 5.32 Å². The molecule has 4 nitrogen and oxygen atoms in total. The van der Waals surface area contributed by atoms with Gasteiger partial charge in [-0.05, 0) is 62.1 Å². The summed E-state index contributed by atoms with van der Waals surface area (Å²) in [6, 6.07) is 10.2. The van der Waals surface area contributed by atoms with Crippen molar-refractivity contribution in [2.45, 2.75) is 32.7 Å². The zero-order valence-corrected chi connectivity index (χ0v) is 16.2. The highest BCUT2D eigenvalue weighted by Crippen LogP contribution is 2.27. The second-order valence-electron chi connectivity index (χ2n) is 6.59. The third-order valence-corrected chi connectivity index (χ3v) is 5.19. The molecule has 2 amide bonds. The van der Waals surface area contributed by atoms with E-state index >= 15 is 0 Å². The third-order valence-electron chi connectivity index (χ3n) is 4.63. The molecule has 1 unspecified atom stereocenters. The Kier molecular flexibility index (Phi) is 5.54. The molecule has 0 spiro atoms. The van der Waals surface area contributed by atoms with E-state index in [1.54, 1.807) is 23.1 Å². The first-order valence-corrected chi connectivity index (χ1v) is 9.26. The van der Waals surface area contributed by atoms with Crippen LogP contribution in [0.15, 0.2) is 36.4 Å². The van der Waals surface area contributed by atoms with Crippen LogP contribution >= 0.6 is 23.2 Å². The molecule has 1 aliphatic rings. The molecule has 1 saturated heterocycles. The molecule has 6 heteroatoms. The van der Waals surface area contributed by atoms with E-state index < -0.39 is 6.04 Å². The highest BCUT2D eigenvalue weighted by atomic mass is 35.5. The van der Waals surface area contributed by atoms with Gasteiger partial charge in [-0.15, -0.1) is 0 Å². The zero-order valence-electron chi connectivity index (χ0n) is 14.7. The number of carbonyl (C=O) groups is 2. The molecule has 0 aliphatic carbocycles. The minimum absolute atomic E-state index is 0.178. The van der Waals surface area contributed by atoms with Crippen molar-refractivity contribution in [2.24, 2.45) is 0 Å². The van der Waals surface area contributed by atoms with E-state index in [0.29, 0.717) is 28.6 Å². The van der Waals surface area contributed by atoms with Crippen LogP contribution in [0.1, 0.15) is 34.3 Å². The average Bonchev–Trinajstić information content (AvgIpc) is 3.09. The van der Waals surface area contributed by atoms with Crippen LogP contribution in [-0.4, -0.2) is 29.3 Å². The number of aryl methyl sites for hydroxylation is 2. The van der Waals surface area contributed by atoms with Crippen molar-refractivity contribution >= 4 is 40.7 Å². The SMILES string of the molecule is Cc1ccc(C)c(NC(=O)C2CCCN2C(=O)c2cc(Cl)ccc2Cl)c1. The second kappa shape index (κ2) is 7.68. The topological polar surface area (TPSA) is 49.4 Å². The molecule has 2 aromatic carbocycles. The normalized spacial score (nSPS) is 16.6. The van der Waals surface area contributed by atoms with Gasteiger partial charge in [0.25, 0.3) is 5.91 Å². The largest absolute Gasteiger partial charge is 0.327 e. The lowest BCUT2D eigenvalue weighted by molar-refractivity contribution is -0.119. The Morgan fingerprint density at radius 2 is 1.88 bits per heavy atom. The molecule has 3 rings (SSSR count). The maximum Gasteiger partial charge on any atom is 0.256 e. The van der Waals surface area contributed by atoms with Crippen LogP contribution in [0.3, 0.4) is 0 Å². The average molecular weight is 391 g/mol. The number of halogens is 2. The van der Waals surface area contributed by atoms with Crippen molar-refractivity contribution < 1.29 is 9.59 Å². The summed E-state index contributed by atoms with van der Waals surface area (Å²) in [5.41, 5.74) is 3.15. The smallest absolute Gasteiger partial charge is 0.256 e. The Hall–Kier alpha value is -2.04. The van der Waals surface area contributed by atoms with Gasteiger partial charge < -0.3 is 10.2 Å². The lowest BCUT2D eigenvalue weighted by Gasteiger charge is -2.25. The van der Waals surface area contributed by atoms with E-state index in [2.05, 4.69) is 5.32 Å². The summed E-state index contributed by atoms with van der Waals surface area (Å²) in [5, 5.41) is 3.74. The minimum atomic E-state index is -0.516. The van der Waals surface area contributed by atoms with E-state index in [1.165, 1.54) is 0 Å². The fourth-order valence-electron chi connectivity index (χ4n) is 3.19. The number of nitrogens with one attached hydrogen (secondary N) is 1. The van der Waals surface area contributed by atoms with Crippen molar-refractivity contribution in [1.29, 1.82) is 0 Å². The highest BCUT2D eigenvalue weighted by Gasteiger charge is 2.35. The molecule has 26 heavy (non-hydrogen) atoms.